The van der Waals surface area contributed by atoms with Crippen molar-refractivity contribution in [3.8, 4) is 0 Å². The zero-order chi connectivity index (χ0) is 9.10. The molecule has 1 aromatic rings. The minimum absolute atomic E-state index is 0.885. The Hall–Kier alpha value is -0.430. The van der Waals surface area contributed by atoms with Crippen molar-refractivity contribution in [3.63, 3.8) is 0 Å². The van der Waals surface area contributed by atoms with Crippen molar-refractivity contribution in [2.24, 2.45) is 0 Å². The monoisotopic (exact) mass is 192 g/mol. The third-order valence-corrected chi connectivity index (χ3v) is 2.94. The maximum atomic E-state index is 4.23. The molecule has 1 saturated carbocycles. The van der Waals surface area contributed by atoms with Gasteiger partial charge in [-0.25, -0.2) is 0 Å². The van der Waals surface area contributed by atoms with Gasteiger partial charge in [-0.05, 0) is 48.5 Å². The van der Waals surface area contributed by atoms with Crippen LogP contribution in [-0.4, -0.2) is 5.75 Å². The van der Waals surface area contributed by atoms with Crippen molar-refractivity contribution in [2.75, 3.05) is 5.75 Å². The van der Waals surface area contributed by atoms with Gasteiger partial charge in [-0.1, -0.05) is 24.3 Å². The summed E-state index contributed by atoms with van der Waals surface area (Å²) in [6, 6.07) is 9.07. The van der Waals surface area contributed by atoms with Gasteiger partial charge in [0.2, 0.25) is 0 Å². The number of hydrogen-bond acceptors (Lipinski definition) is 1. The van der Waals surface area contributed by atoms with Crippen LogP contribution in [0.15, 0.2) is 24.3 Å². The highest BCUT2D eigenvalue weighted by Crippen LogP contribution is 2.40. The highest BCUT2D eigenvalue weighted by Gasteiger charge is 2.23. The van der Waals surface area contributed by atoms with Crippen LogP contribution in [0.3, 0.4) is 0 Å². The molecule has 0 amide bonds. The lowest BCUT2D eigenvalue weighted by Crippen LogP contribution is -1.88. The summed E-state index contributed by atoms with van der Waals surface area (Å²) in [4.78, 5) is 0. The van der Waals surface area contributed by atoms with E-state index in [1.807, 2.05) is 0 Å². The molecule has 2 rings (SSSR count). The van der Waals surface area contributed by atoms with Gasteiger partial charge in [0, 0.05) is 0 Å². The summed E-state index contributed by atoms with van der Waals surface area (Å²) in [6.45, 7) is 0. The Kier molecular flexibility index (Phi) is 2.94. The molecule has 0 N–H and O–H groups in total. The maximum Gasteiger partial charge on any atom is -0.00947 e. The molecule has 1 aliphatic carbocycles. The molecule has 1 aromatic carbocycles. The number of thiol groups is 1. The van der Waals surface area contributed by atoms with Crippen molar-refractivity contribution in [3.05, 3.63) is 35.4 Å². The van der Waals surface area contributed by atoms with Gasteiger partial charge in [0.1, 0.15) is 0 Å². The fourth-order valence-electron chi connectivity index (χ4n) is 1.70. The molecule has 1 heteroatoms. The molecule has 0 atom stereocenters. The predicted octanol–water partition coefficient (Wildman–Crippen LogP) is 3.43. The first-order chi connectivity index (χ1) is 6.40. The second kappa shape index (κ2) is 4.19. The lowest BCUT2D eigenvalue weighted by molar-refractivity contribution is 0.930. The van der Waals surface area contributed by atoms with Crippen molar-refractivity contribution < 1.29 is 0 Å². The standard InChI is InChI=1S/C12H16S/c13-8-2-4-10-3-1-5-12(9-10)11-6-7-11/h1,3,5,9,11,13H,2,4,6-8H2. The summed E-state index contributed by atoms with van der Waals surface area (Å²) < 4.78 is 0. The molecule has 0 bridgehead atoms. The van der Waals surface area contributed by atoms with Gasteiger partial charge >= 0.3 is 0 Å². The Morgan fingerprint density at radius 1 is 1.31 bits per heavy atom. The minimum atomic E-state index is 0.885. The van der Waals surface area contributed by atoms with E-state index >= 15 is 0 Å². The molecule has 1 fully saturated rings. The first kappa shape index (κ1) is 9.14. The van der Waals surface area contributed by atoms with Crippen LogP contribution in [0.4, 0.5) is 0 Å². The van der Waals surface area contributed by atoms with Gasteiger partial charge in [-0.15, -0.1) is 0 Å². The van der Waals surface area contributed by atoms with E-state index in [1.54, 1.807) is 5.56 Å². The van der Waals surface area contributed by atoms with E-state index in [1.165, 1.54) is 31.2 Å². The largest absolute Gasteiger partial charge is 0.179 e. The average Bonchev–Trinajstić information content (AvgIpc) is 2.98. The maximum absolute atomic E-state index is 4.23. The quantitative estimate of drug-likeness (QED) is 0.694. The van der Waals surface area contributed by atoms with Crippen LogP contribution in [0.1, 0.15) is 36.3 Å². The van der Waals surface area contributed by atoms with E-state index in [0.29, 0.717) is 0 Å². The summed E-state index contributed by atoms with van der Waals surface area (Å²) in [5.41, 5.74) is 3.04. The summed E-state index contributed by atoms with van der Waals surface area (Å²) in [7, 11) is 0. The van der Waals surface area contributed by atoms with Crippen LogP contribution in [0, 0.1) is 0 Å². The first-order valence-corrected chi connectivity index (χ1v) is 5.73. The topological polar surface area (TPSA) is 0 Å². The fourth-order valence-corrected chi connectivity index (χ4v) is 1.86. The minimum Gasteiger partial charge on any atom is -0.179 e. The molecular weight excluding hydrogens is 176 g/mol. The van der Waals surface area contributed by atoms with Crippen LogP contribution in [-0.2, 0) is 6.42 Å². The molecular formula is C12H16S. The Morgan fingerprint density at radius 2 is 2.15 bits per heavy atom. The van der Waals surface area contributed by atoms with Crippen LogP contribution in [0.2, 0.25) is 0 Å². The third kappa shape index (κ3) is 2.50. The molecule has 0 heterocycles. The molecule has 0 nitrogen and oxygen atoms in total. The molecule has 70 valence electrons. The van der Waals surface area contributed by atoms with E-state index in [-0.39, 0.29) is 0 Å². The lowest BCUT2D eigenvalue weighted by Gasteiger charge is -2.02. The van der Waals surface area contributed by atoms with Gasteiger partial charge in [0.05, 0.1) is 0 Å². The van der Waals surface area contributed by atoms with Gasteiger partial charge < -0.3 is 0 Å². The van der Waals surface area contributed by atoms with Crippen molar-refractivity contribution in [2.45, 2.75) is 31.6 Å². The molecule has 0 spiro atoms. The second-order valence-corrected chi connectivity index (χ2v) is 4.29. The SMILES string of the molecule is SCCCc1cccc(C2CC2)c1. The normalized spacial score (nSPS) is 16.1. The van der Waals surface area contributed by atoms with Crippen LogP contribution in [0.5, 0.6) is 0 Å². The van der Waals surface area contributed by atoms with Crippen molar-refractivity contribution in [1.29, 1.82) is 0 Å². The van der Waals surface area contributed by atoms with Crippen LogP contribution in [0.25, 0.3) is 0 Å². The summed E-state index contributed by atoms with van der Waals surface area (Å²) in [5, 5.41) is 0. The van der Waals surface area contributed by atoms with E-state index in [2.05, 4.69) is 36.9 Å². The lowest BCUT2D eigenvalue weighted by atomic mass is 10.0. The Balaban J connectivity index is 2.03. The second-order valence-electron chi connectivity index (χ2n) is 3.85. The van der Waals surface area contributed by atoms with E-state index in [9.17, 15) is 0 Å². The molecule has 0 aromatic heterocycles. The Labute approximate surface area is 85.8 Å². The van der Waals surface area contributed by atoms with Crippen molar-refractivity contribution >= 4 is 12.6 Å². The Morgan fingerprint density at radius 3 is 2.85 bits per heavy atom. The highest BCUT2D eigenvalue weighted by atomic mass is 32.1. The molecule has 0 unspecified atom stereocenters. The number of aryl methyl sites for hydroxylation is 1. The number of hydrogen-bond donors (Lipinski definition) is 1. The van der Waals surface area contributed by atoms with E-state index in [0.717, 1.165) is 11.7 Å². The first-order valence-electron chi connectivity index (χ1n) is 5.10. The average molecular weight is 192 g/mol. The fraction of sp³-hybridized carbons (Fsp3) is 0.500. The summed E-state index contributed by atoms with van der Waals surface area (Å²) >= 11 is 4.23. The summed E-state index contributed by atoms with van der Waals surface area (Å²) in [6.07, 6.45) is 5.17. The predicted molar refractivity (Wildman–Crippen MR) is 60.6 cm³/mol. The zero-order valence-corrected chi connectivity index (χ0v) is 8.76. The zero-order valence-electron chi connectivity index (χ0n) is 7.87. The molecule has 0 saturated heterocycles. The van der Waals surface area contributed by atoms with Crippen LogP contribution < -0.4 is 0 Å². The third-order valence-electron chi connectivity index (χ3n) is 2.62. The molecule has 0 aliphatic heterocycles. The molecule has 1 aliphatic rings. The van der Waals surface area contributed by atoms with Gasteiger partial charge in [0.25, 0.3) is 0 Å². The van der Waals surface area contributed by atoms with Gasteiger partial charge in [-0.2, -0.15) is 12.6 Å². The summed E-state index contributed by atoms with van der Waals surface area (Å²) in [5.74, 6) is 1.88. The number of benzene rings is 1. The van der Waals surface area contributed by atoms with E-state index < -0.39 is 0 Å². The van der Waals surface area contributed by atoms with E-state index in [4.69, 9.17) is 0 Å². The van der Waals surface area contributed by atoms with Gasteiger partial charge in [-0.3, -0.25) is 0 Å². The molecule has 0 radical (unpaired) electrons. The van der Waals surface area contributed by atoms with Crippen molar-refractivity contribution in [1.82, 2.24) is 0 Å². The smallest absolute Gasteiger partial charge is 0.00947 e. The Bertz CT molecular complexity index is 276. The van der Waals surface area contributed by atoms with Gasteiger partial charge in [0.15, 0.2) is 0 Å². The highest BCUT2D eigenvalue weighted by molar-refractivity contribution is 7.80. The number of rotatable bonds is 4. The molecule has 13 heavy (non-hydrogen) atoms. The van der Waals surface area contributed by atoms with Crippen LogP contribution >= 0.6 is 12.6 Å².